The molecule has 7 nitrogen and oxygen atoms in total. The highest BCUT2D eigenvalue weighted by molar-refractivity contribution is 6.01. The molecule has 0 unspecified atom stereocenters. The first-order valence-corrected chi connectivity index (χ1v) is 15.9. The number of alkyl halides is 6. The number of rotatable bonds is 13. The van der Waals surface area contributed by atoms with E-state index in [2.05, 4.69) is 5.32 Å². The Morgan fingerprint density at radius 3 is 2.22 bits per heavy atom. The van der Waals surface area contributed by atoms with Crippen molar-refractivity contribution in [1.29, 1.82) is 0 Å². The van der Waals surface area contributed by atoms with Gasteiger partial charge in [-0.25, -0.2) is 4.99 Å². The SMILES string of the molecule is COc1cccc([C@H]2OC(c3ccc(OCCCO)cc3)=N[C@@]2(C/C=C/c2ccccc2)C(=O)NCc2cc(C(F)(F)F)cc(C(F)(F)F)c2)c1. The van der Waals surface area contributed by atoms with Gasteiger partial charge in [-0.2, -0.15) is 26.3 Å². The van der Waals surface area contributed by atoms with Crippen LogP contribution in [-0.4, -0.2) is 42.8 Å². The maximum absolute atomic E-state index is 14.4. The molecule has 13 heteroatoms. The van der Waals surface area contributed by atoms with Gasteiger partial charge in [-0.15, -0.1) is 0 Å². The molecule has 1 aliphatic rings. The Hall–Kier alpha value is -5.30. The topological polar surface area (TPSA) is 89.4 Å². The first-order chi connectivity index (χ1) is 24.3. The molecule has 0 spiro atoms. The van der Waals surface area contributed by atoms with Gasteiger partial charge < -0.3 is 24.6 Å². The van der Waals surface area contributed by atoms with Gasteiger partial charge in [0.15, 0.2) is 11.6 Å². The quantitative estimate of drug-likeness (QED) is 0.108. The van der Waals surface area contributed by atoms with Crippen LogP contribution < -0.4 is 14.8 Å². The molecular weight excluding hydrogens is 678 g/mol. The van der Waals surface area contributed by atoms with Gasteiger partial charge in [0.05, 0.1) is 24.8 Å². The third-order valence-electron chi connectivity index (χ3n) is 8.07. The van der Waals surface area contributed by atoms with Crippen LogP contribution in [0.4, 0.5) is 26.3 Å². The fourth-order valence-electron chi connectivity index (χ4n) is 5.52. The number of amides is 1. The molecule has 0 fully saturated rings. The number of carbonyl (C=O) groups excluding carboxylic acids is 1. The number of aliphatic imine (C=N–C) groups is 1. The molecule has 4 aromatic carbocycles. The van der Waals surface area contributed by atoms with Gasteiger partial charge in [0.2, 0.25) is 5.90 Å². The van der Waals surface area contributed by atoms with E-state index in [9.17, 15) is 31.1 Å². The third-order valence-corrected chi connectivity index (χ3v) is 8.07. The normalized spacial score (nSPS) is 17.6. The molecule has 4 aromatic rings. The van der Waals surface area contributed by atoms with Gasteiger partial charge in [-0.1, -0.05) is 54.6 Å². The number of carbonyl (C=O) groups is 1. The highest BCUT2D eigenvalue weighted by Crippen LogP contribution is 2.44. The van der Waals surface area contributed by atoms with E-state index >= 15 is 0 Å². The van der Waals surface area contributed by atoms with Crippen LogP contribution in [0, 0.1) is 0 Å². The predicted molar refractivity (Wildman–Crippen MR) is 178 cm³/mol. The highest BCUT2D eigenvalue weighted by atomic mass is 19.4. The summed E-state index contributed by atoms with van der Waals surface area (Å²) in [7, 11) is 1.47. The number of halogens is 6. The second-order valence-corrected chi connectivity index (χ2v) is 11.7. The average Bonchev–Trinajstić information content (AvgIpc) is 3.51. The summed E-state index contributed by atoms with van der Waals surface area (Å²) in [5.41, 5.74) is -3.40. The van der Waals surface area contributed by atoms with Crippen molar-refractivity contribution in [3.8, 4) is 11.5 Å². The number of benzene rings is 4. The van der Waals surface area contributed by atoms with Gasteiger partial charge in [-0.05, 0) is 71.3 Å². The smallest absolute Gasteiger partial charge is 0.416 e. The fraction of sp³-hybridized carbons (Fsp3) is 0.263. The molecule has 1 heterocycles. The summed E-state index contributed by atoms with van der Waals surface area (Å²) in [6.07, 6.45) is -7.37. The summed E-state index contributed by atoms with van der Waals surface area (Å²) < 4.78 is 99.1. The van der Waals surface area contributed by atoms with Crippen LogP contribution >= 0.6 is 0 Å². The first-order valence-electron chi connectivity index (χ1n) is 15.9. The van der Waals surface area contributed by atoms with Crippen molar-refractivity contribution in [2.45, 2.75) is 43.4 Å². The second-order valence-electron chi connectivity index (χ2n) is 11.7. The van der Waals surface area contributed by atoms with Crippen molar-refractivity contribution in [2.75, 3.05) is 20.3 Å². The number of hydrogen-bond acceptors (Lipinski definition) is 6. The molecule has 0 radical (unpaired) electrons. The Bertz CT molecular complexity index is 1830. The summed E-state index contributed by atoms with van der Waals surface area (Å²) in [5, 5.41) is 11.6. The Morgan fingerprint density at radius 2 is 1.59 bits per heavy atom. The summed E-state index contributed by atoms with van der Waals surface area (Å²) >= 11 is 0. The van der Waals surface area contributed by atoms with E-state index in [4.69, 9.17) is 24.3 Å². The molecule has 5 rings (SSSR count). The van der Waals surface area contributed by atoms with Crippen molar-refractivity contribution < 1.29 is 50.5 Å². The summed E-state index contributed by atoms with van der Waals surface area (Å²) in [6, 6.07) is 23.8. The molecular formula is C38H34F6N2O5. The van der Waals surface area contributed by atoms with Gasteiger partial charge in [0.1, 0.15) is 11.5 Å². The van der Waals surface area contributed by atoms with E-state index < -0.39 is 53.1 Å². The Kier molecular flexibility index (Phi) is 11.4. The van der Waals surface area contributed by atoms with E-state index in [-0.39, 0.29) is 25.0 Å². The maximum Gasteiger partial charge on any atom is 0.416 e. The summed E-state index contributed by atoms with van der Waals surface area (Å²) in [6.45, 7) is -0.404. The molecule has 51 heavy (non-hydrogen) atoms. The van der Waals surface area contributed by atoms with Crippen LogP contribution in [0.1, 0.15) is 52.3 Å². The number of aliphatic hydroxyl groups is 1. The van der Waals surface area contributed by atoms with Crippen LogP contribution in [0.15, 0.2) is 108 Å². The lowest BCUT2D eigenvalue weighted by atomic mass is 9.84. The molecule has 2 N–H and O–H groups in total. The number of aliphatic hydroxyl groups excluding tert-OH is 1. The molecule has 268 valence electrons. The van der Waals surface area contributed by atoms with Crippen LogP contribution in [0.2, 0.25) is 0 Å². The first kappa shape index (κ1) is 37.0. The zero-order valence-electron chi connectivity index (χ0n) is 27.3. The monoisotopic (exact) mass is 712 g/mol. The number of ether oxygens (including phenoxy) is 3. The van der Waals surface area contributed by atoms with Gasteiger partial charge >= 0.3 is 12.4 Å². The molecule has 1 amide bonds. The van der Waals surface area contributed by atoms with E-state index in [1.54, 1.807) is 60.7 Å². The van der Waals surface area contributed by atoms with E-state index in [0.29, 0.717) is 47.8 Å². The third kappa shape index (κ3) is 9.09. The van der Waals surface area contributed by atoms with Gasteiger partial charge in [0.25, 0.3) is 5.91 Å². The molecule has 0 aromatic heterocycles. The lowest BCUT2D eigenvalue weighted by Gasteiger charge is -2.30. The molecule has 1 aliphatic heterocycles. The average molecular weight is 713 g/mol. The van der Waals surface area contributed by atoms with Crippen molar-refractivity contribution in [2.24, 2.45) is 4.99 Å². The largest absolute Gasteiger partial charge is 0.497 e. The Labute approximate surface area is 290 Å². The van der Waals surface area contributed by atoms with Crippen LogP contribution in [0.25, 0.3) is 6.08 Å². The van der Waals surface area contributed by atoms with Crippen LogP contribution in [-0.2, 0) is 28.4 Å². The number of nitrogens with one attached hydrogen (secondary N) is 1. The summed E-state index contributed by atoms with van der Waals surface area (Å²) in [4.78, 5) is 19.2. The second kappa shape index (κ2) is 15.7. The van der Waals surface area contributed by atoms with Crippen molar-refractivity contribution >= 4 is 17.9 Å². The van der Waals surface area contributed by atoms with Crippen molar-refractivity contribution in [3.63, 3.8) is 0 Å². The van der Waals surface area contributed by atoms with E-state index in [0.717, 1.165) is 5.56 Å². The highest BCUT2D eigenvalue weighted by Gasteiger charge is 2.52. The lowest BCUT2D eigenvalue weighted by Crippen LogP contribution is -2.47. The van der Waals surface area contributed by atoms with Crippen LogP contribution in [0.5, 0.6) is 11.5 Å². The minimum atomic E-state index is -5.06. The van der Waals surface area contributed by atoms with Crippen molar-refractivity contribution in [1.82, 2.24) is 5.32 Å². The van der Waals surface area contributed by atoms with Crippen molar-refractivity contribution in [3.05, 3.63) is 137 Å². The predicted octanol–water partition coefficient (Wildman–Crippen LogP) is 8.17. The Balaban J connectivity index is 1.57. The number of methoxy groups -OCH3 is 1. The van der Waals surface area contributed by atoms with Crippen LogP contribution in [0.3, 0.4) is 0 Å². The zero-order chi connectivity index (χ0) is 36.6. The molecule has 2 atom stereocenters. The lowest BCUT2D eigenvalue weighted by molar-refractivity contribution is -0.143. The molecule has 0 bridgehead atoms. The minimum Gasteiger partial charge on any atom is -0.497 e. The zero-order valence-corrected chi connectivity index (χ0v) is 27.3. The Morgan fingerprint density at radius 1 is 0.902 bits per heavy atom. The molecule has 0 saturated heterocycles. The standard InChI is InChI=1S/C38H34F6N2O5/c1-49-32-12-5-11-28(22-32)33-36(17-6-10-25-8-3-2-4-9-25,46-34(51-33)27-13-15-31(16-14-27)50-19-7-18-47)35(48)45-24-26-20-29(37(39,40)41)23-30(21-26)38(42,43)44/h2-6,8-16,20-23,33,47H,7,17-19,24H2,1H3,(H,45,48)/b10-6+/t33-,36-/m1/s1. The van der Waals surface area contributed by atoms with E-state index in [1.165, 1.54) is 7.11 Å². The molecule has 0 aliphatic carbocycles. The number of nitrogens with zero attached hydrogens (tertiary/aromatic N) is 1. The summed E-state index contributed by atoms with van der Waals surface area (Å²) in [5.74, 6) is 0.250. The van der Waals surface area contributed by atoms with Gasteiger partial charge in [-0.3, -0.25) is 4.79 Å². The fourth-order valence-corrected chi connectivity index (χ4v) is 5.52. The maximum atomic E-state index is 14.4. The molecule has 0 saturated carbocycles. The van der Waals surface area contributed by atoms with E-state index in [1.807, 2.05) is 30.3 Å². The van der Waals surface area contributed by atoms with Gasteiger partial charge in [0, 0.05) is 31.6 Å². The minimum absolute atomic E-state index is 0.0321. The number of hydrogen-bond donors (Lipinski definition) is 2.